The van der Waals surface area contributed by atoms with Gasteiger partial charge in [0.25, 0.3) is 0 Å². The van der Waals surface area contributed by atoms with Gasteiger partial charge in [-0.05, 0) is 24.3 Å². The molecule has 0 aliphatic heterocycles. The molecule has 2 rings (SSSR count). The van der Waals surface area contributed by atoms with Crippen LogP contribution >= 0.6 is 0 Å². The van der Waals surface area contributed by atoms with Crippen molar-refractivity contribution in [3.05, 3.63) is 66.0 Å². The smallest absolute Gasteiger partial charge is 0.166 e. The van der Waals surface area contributed by atoms with E-state index in [-0.39, 0.29) is 12.2 Å². The van der Waals surface area contributed by atoms with Crippen molar-refractivity contribution in [3.63, 3.8) is 0 Å². The molecule has 0 fully saturated rings. The van der Waals surface area contributed by atoms with Crippen molar-refractivity contribution in [2.24, 2.45) is 0 Å². The molecule has 92 valence electrons. The molecule has 0 amide bonds. The zero-order chi connectivity index (χ0) is 12.8. The Kier molecular flexibility index (Phi) is 4.07. The van der Waals surface area contributed by atoms with Crippen molar-refractivity contribution in [2.75, 3.05) is 6.61 Å². The van der Waals surface area contributed by atoms with Gasteiger partial charge in [-0.1, -0.05) is 30.3 Å². The van der Waals surface area contributed by atoms with Gasteiger partial charge in [-0.3, -0.25) is 4.79 Å². The third-order valence-corrected chi connectivity index (χ3v) is 2.49. The van der Waals surface area contributed by atoms with Gasteiger partial charge in [0.05, 0.1) is 6.61 Å². The summed E-state index contributed by atoms with van der Waals surface area (Å²) in [5.74, 6) is 0.208. The van der Waals surface area contributed by atoms with Crippen molar-refractivity contribution in [1.82, 2.24) is 0 Å². The lowest BCUT2D eigenvalue weighted by atomic mass is 10.1. The van der Waals surface area contributed by atoms with E-state index in [2.05, 4.69) is 0 Å². The summed E-state index contributed by atoms with van der Waals surface area (Å²) in [5, 5.41) is 0. The number of benzene rings is 2. The van der Waals surface area contributed by atoms with Crippen molar-refractivity contribution in [2.45, 2.75) is 6.42 Å². The first-order valence-electron chi connectivity index (χ1n) is 5.72. The van der Waals surface area contributed by atoms with Crippen molar-refractivity contribution >= 4 is 5.78 Å². The van der Waals surface area contributed by atoms with Crippen LogP contribution in [0, 0.1) is 5.82 Å². The van der Waals surface area contributed by atoms with Crippen LogP contribution in [0.4, 0.5) is 4.39 Å². The van der Waals surface area contributed by atoms with Crippen LogP contribution in [0.25, 0.3) is 0 Å². The monoisotopic (exact) mass is 244 g/mol. The fourth-order valence-electron chi connectivity index (χ4n) is 1.58. The quantitative estimate of drug-likeness (QED) is 0.753. The van der Waals surface area contributed by atoms with Crippen LogP contribution in [0.3, 0.4) is 0 Å². The molecule has 0 unspecified atom stereocenters. The van der Waals surface area contributed by atoms with Gasteiger partial charge >= 0.3 is 0 Å². The maximum atomic E-state index is 12.9. The molecule has 0 saturated carbocycles. The summed E-state index contributed by atoms with van der Waals surface area (Å²) in [4.78, 5) is 11.7. The summed E-state index contributed by atoms with van der Waals surface area (Å²) in [6.07, 6.45) is 0.234. The largest absolute Gasteiger partial charge is 0.493 e. The van der Waals surface area contributed by atoms with E-state index in [1.807, 2.05) is 30.3 Å². The van der Waals surface area contributed by atoms with Crippen molar-refractivity contribution < 1.29 is 13.9 Å². The van der Waals surface area contributed by atoms with Crippen LogP contribution in [-0.4, -0.2) is 12.4 Å². The normalized spacial score (nSPS) is 10.1. The molecule has 0 atom stereocenters. The molecular weight excluding hydrogens is 231 g/mol. The fourth-order valence-corrected chi connectivity index (χ4v) is 1.58. The molecule has 0 spiro atoms. The molecule has 3 heteroatoms. The molecule has 0 N–H and O–H groups in total. The van der Waals surface area contributed by atoms with Crippen LogP contribution < -0.4 is 4.74 Å². The molecule has 18 heavy (non-hydrogen) atoms. The molecule has 0 aromatic heterocycles. The standard InChI is InChI=1S/C15H13FO2/c16-13-6-4-5-12(11-13)15(17)9-10-18-14-7-2-1-3-8-14/h1-8,11H,9-10H2. The first-order valence-corrected chi connectivity index (χ1v) is 5.72. The number of hydrogen-bond acceptors (Lipinski definition) is 2. The Balaban J connectivity index is 1.86. The SMILES string of the molecule is O=C(CCOc1ccccc1)c1cccc(F)c1. The highest BCUT2D eigenvalue weighted by Gasteiger charge is 2.06. The predicted octanol–water partition coefficient (Wildman–Crippen LogP) is 3.48. The Labute approximate surface area is 105 Å². The van der Waals surface area contributed by atoms with Crippen molar-refractivity contribution in [1.29, 1.82) is 0 Å². The third kappa shape index (κ3) is 3.42. The first kappa shape index (κ1) is 12.3. The second kappa shape index (κ2) is 5.96. The topological polar surface area (TPSA) is 26.3 Å². The lowest BCUT2D eigenvalue weighted by molar-refractivity contribution is 0.0961. The van der Waals surface area contributed by atoms with Crippen LogP contribution in [0.2, 0.25) is 0 Å². The van der Waals surface area contributed by atoms with Gasteiger partial charge < -0.3 is 4.74 Å². The lowest BCUT2D eigenvalue weighted by Gasteiger charge is -2.05. The number of Topliss-reactive ketones (excluding diaryl/α,β-unsaturated/α-hetero) is 1. The number of carbonyl (C=O) groups excluding carboxylic acids is 1. The van der Waals surface area contributed by atoms with Crippen LogP contribution in [0.15, 0.2) is 54.6 Å². The van der Waals surface area contributed by atoms with Gasteiger partial charge in [0.15, 0.2) is 5.78 Å². The predicted molar refractivity (Wildman–Crippen MR) is 67.3 cm³/mol. The van der Waals surface area contributed by atoms with E-state index in [0.717, 1.165) is 5.75 Å². The van der Waals surface area contributed by atoms with Gasteiger partial charge in [0, 0.05) is 12.0 Å². The Morgan fingerprint density at radius 3 is 2.56 bits per heavy atom. The van der Waals surface area contributed by atoms with Gasteiger partial charge in [0.1, 0.15) is 11.6 Å². The third-order valence-electron chi connectivity index (χ3n) is 2.49. The van der Waals surface area contributed by atoms with E-state index < -0.39 is 5.82 Å². The number of halogens is 1. The summed E-state index contributed by atoms with van der Waals surface area (Å²) < 4.78 is 18.3. The fraction of sp³-hybridized carbons (Fsp3) is 0.133. The Bertz CT molecular complexity index is 523. The minimum Gasteiger partial charge on any atom is -0.493 e. The highest BCUT2D eigenvalue weighted by Crippen LogP contribution is 2.10. The molecule has 2 nitrogen and oxygen atoms in total. The molecule has 0 aliphatic carbocycles. The van der Waals surface area contributed by atoms with Crippen molar-refractivity contribution in [3.8, 4) is 5.75 Å². The van der Waals surface area contributed by atoms with E-state index in [4.69, 9.17) is 4.74 Å². The average molecular weight is 244 g/mol. The average Bonchev–Trinajstić information content (AvgIpc) is 2.40. The maximum Gasteiger partial charge on any atom is 0.166 e. The summed E-state index contributed by atoms with van der Waals surface area (Å²) in [7, 11) is 0. The molecule has 2 aromatic rings. The zero-order valence-corrected chi connectivity index (χ0v) is 9.80. The summed E-state index contributed by atoms with van der Waals surface area (Å²) in [6.45, 7) is 0.291. The first-order chi connectivity index (χ1) is 8.75. The number of para-hydroxylation sites is 1. The van der Waals surface area contributed by atoms with E-state index in [0.29, 0.717) is 12.2 Å². The Morgan fingerprint density at radius 1 is 1.06 bits per heavy atom. The molecule has 0 saturated heterocycles. The molecule has 0 heterocycles. The van der Waals surface area contributed by atoms with E-state index in [9.17, 15) is 9.18 Å². The minimum atomic E-state index is -0.398. The summed E-state index contributed by atoms with van der Waals surface area (Å²) in [5.41, 5.74) is 0.381. The molecular formula is C15H13FO2. The van der Waals surface area contributed by atoms with E-state index in [1.165, 1.54) is 18.2 Å². The van der Waals surface area contributed by atoms with Crippen LogP contribution in [-0.2, 0) is 0 Å². The van der Waals surface area contributed by atoms with Gasteiger partial charge in [-0.2, -0.15) is 0 Å². The minimum absolute atomic E-state index is 0.120. The Morgan fingerprint density at radius 2 is 1.83 bits per heavy atom. The van der Waals surface area contributed by atoms with Gasteiger partial charge in [0.2, 0.25) is 0 Å². The second-order valence-corrected chi connectivity index (χ2v) is 3.85. The summed E-state index contributed by atoms with van der Waals surface area (Å²) >= 11 is 0. The van der Waals surface area contributed by atoms with Crippen LogP contribution in [0.5, 0.6) is 5.75 Å². The number of ether oxygens (including phenoxy) is 1. The molecule has 0 aliphatic rings. The zero-order valence-electron chi connectivity index (χ0n) is 9.80. The van der Waals surface area contributed by atoms with E-state index >= 15 is 0 Å². The Hall–Kier alpha value is -2.16. The number of carbonyl (C=O) groups is 1. The highest BCUT2D eigenvalue weighted by atomic mass is 19.1. The summed E-state index contributed by atoms with van der Waals surface area (Å²) in [6, 6.07) is 15.0. The number of ketones is 1. The molecule has 0 radical (unpaired) electrons. The number of hydrogen-bond donors (Lipinski definition) is 0. The van der Waals surface area contributed by atoms with Gasteiger partial charge in [-0.25, -0.2) is 4.39 Å². The molecule has 2 aromatic carbocycles. The highest BCUT2D eigenvalue weighted by molar-refractivity contribution is 5.96. The number of rotatable bonds is 5. The second-order valence-electron chi connectivity index (χ2n) is 3.85. The maximum absolute atomic E-state index is 12.9. The van der Waals surface area contributed by atoms with Crippen LogP contribution in [0.1, 0.15) is 16.8 Å². The van der Waals surface area contributed by atoms with Gasteiger partial charge in [-0.15, -0.1) is 0 Å². The molecule has 0 bridgehead atoms. The lowest BCUT2D eigenvalue weighted by Crippen LogP contribution is -2.06. The van der Waals surface area contributed by atoms with E-state index in [1.54, 1.807) is 6.07 Å².